The average Bonchev–Trinajstić information content (AvgIpc) is 2.46. The predicted octanol–water partition coefficient (Wildman–Crippen LogP) is 1.74. The second-order valence-electron chi connectivity index (χ2n) is 6.98. The number of alkyl halides is 1. The van der Waals surface area contributed by atoms with Gasteiger partial charge in [-0.15, -0.1) is 11.6 Å². The second kappa shape index (κ2) is 6.71. The van der Waals surface area contributed by atoms with Gasteiger partial charge < -0.3 is 0 Å². The normalized spacial score (nSPS) is 27.9. The first kappa shape index (κ1) is 17.5. The van der Waals surface area contributed by atoms with Crippen molar-refractivity contribution < 1.29 is 8.42 Å². The summed E-state index contributed by atoms with van der Waals surface area (Å²) in [4.78, 5) is 2.34. The minimum absolute atomic E-state index is 0.0361. The second-order valence-corrected chi connectivity index (χ2v) is 9.17. The highest BCUT2D eigenvalue weighted by Gasteiger charge is 2.38. The Hall–Kier alpha value is 0.120. The first-order valence-electron chi connectivity index (χ1n) is 7.85. The first-order chi connectivity index (χ1) is 9.76. The van der Waals surface area contributed by atoms with Crippen LogP contribution in [0.4, 0.5) is 0 Å². The van der Waals surface area contributed by atoms with Crippen LogP contribution in [-0.4, -0.2) is 72.1 Å². The molecule has 1 atom stereocenters. The zero-order valence-electron chi connectivity index (χ0n) is 13.4. The Morgan fingerprint density at radius 2 is 1.67 bits per heavy atom. The summed E-state index contributed by atoms with van der Waals surface area (Å²) in [6.07, 6.45) is 2.89. The highest BCUT2D eigenvalue weighted by molar-refractivity contribution is 7.86. The fourth-order valence-corrected chi connectivity index (χ4v) is 5.41. The average molecular weight is 338 g/mol. The van der Waals surface area contributed by atoms with Crippen LogP contribution in [0, 0.1) is 0 Å². The van der Waals surface area contributed by atoms with Gasteiger partial charge in [-0.3, -0.25) is 4.90 Å². The minimum atomic E-state index is -3.36. The Kier molecular flexibility index (Phi) is 5.58. The predicted molar refractivity (Wildman–Crippen MR) is 86.9 cm³/mol. The molecule has 2 aliphatic heterocycles. The van der Waals surface area contributed by atoms with Gasteiger partial charge in [0.05, 0.1) is 0 Å². The van der Waals surface area contributed by atoms with Gasteiger partial charge in [0.2, 0.25) is 0 Å². The zero-order valence-corrected chi connectivity index (χ0v) is 15.0. The Labute approximate surface area is 134 Å². The maximum absolute atomic E-state index is 12.8. The number of hydrogen-bond donors (Lipinski definition) is 0. The number of halogens is 1. The van der Waals surface area contributed by atoms with E-state index in [0.29, 0.717) is 25.5 Å². The molecule has 0 amide bonds. The van der Waals surface area contributed by atoms with E-state index < -0.39 is 10.2 Å². The lowest BCUT2D eigenvalue weighted by Gasteiger charge is -2.44. The van der Waals surface area contributed by atoms with Gasteiger partial charge in [0.25, 0.3) is 10.2 Å². The van der Waals surface area contributed by atoms with E-state index in [1.807, 2.05) is 0 Å². The Morgan fingerprint density at radius 3 is 2.19 bits per heavy atom. The highest BCUT2D eigenvalue weighted by Crippen LogP contribution is 2.25. The first-order valence-corrected chi connectivity index (χ1v) is 9.78. The van der Waals surface area contributed by atoms with Crippen LogP contribution in [0.5, 0.6) is 0 Å². The van der Waals surface area contributed by atoms with Gasteiger partial charge in [0.15, 0.2) is 0 Å². The third kappa shape index (κ3) is 3.91. The highest BCUT2D eigenvalue weighted by atomic mass is 35.5. The van der Waals surface area contributed by atoms with E-state index in [-0.39, 0.29) is 11.6 Å². The molecule has 0 saturated carbocycles. The summed E-state index contributed by atoms with van der Waals surface area (Å²) in [7, 11) is -3.36. The van der Waals surface area contributed by atoms with Crippen molar-refractivity contribution in [3.8, 4) is 0 Å². The Bertz CT molecular complexity index is 442. The molecule has 5 nitrogen and oxygen atoms in total. The fourth-order valence-electron chi connectivity index (χ4n) is 3.17. The van der Waals surface area contributed by atoms with Crippen molar-refractivity contribution in [2.45, 2.75) is 51.6 Å². The number of hydrogen-bond acceptors (Lipinski definition) is 3. The third-order valence-corrected chi connectivity index (χ3v) is 7.01. The minimum Gasteiger partial charge on any atom is -0.296 e. The Balaban J connectivity index is 2.04. The molecule has 7 heteroatoms. The van der Waals surface area contributed by atoms with E-state index in [4.69, 9.17) is 11.6 Å². The topological polar surface area (TPSA) is 43.9 Å². The quantitative estimate of drug-likeness (QED) is 0.737. The molecule has 124 valence electrons. The SMILES string of the molecule is CC(C)(C)N1CCN(S(=O)(=O)N2CCCCC2CCl)CC1. The number of nitrogens with zero attached hydrogens (tertiary/aromatic N) is 3. The lowest BCUT2D eigenvalue weighted by atomic mass is 10.1. The summed E-state index contributed by atoms with van der Waals surface area (Å²) in [5, 5.41) is 0. The summed E-state index contributed by atoms with van der Waals surface area (Å²) < 4.78 is 29.0. The van der Waals surface area contributed by atoms with Crippen LogP contribution in [-0.2, 0) is 10.2 Å². The fraction of sp³-hybridized carbons (Fsp3) is 1.00. The molecule has 2 heterocycles. The van der Waals surface area contributed by atoms with Crippen LogP contribution in [0.1, 0.15) is 40.0 Å². The summed E-state index contributed by atoms with van der Waals surface area (Å²) >= 11 is 5.97. The summed E-state index contributed by atoms with van der Waals surface area (Å²) in [5.41, 5.74) is 0.0969. The van der Waals surface area contributed by atoms with Crippen molar-refractivity contribution in [3.63, 3.8) is 0 Å². The number of piperidine rings is 1. The molecule has 0 N–H and O–H groups in total. The van der Waals surface area contributed by atoms with Crippen LogP contribution < -0.4 is 0 Å². The lowest BCUT2D eigenvalue weighted by molar-refractivity contribution is 0.0881. The van der Waals surface area contributed by atoms with Gasteiger partial charge in [-0.25, -0.2) is 0 Å². The van der Waals surface area contributed by atoms with Crippen LogP contribution in [0.25, 0.3) is 0 Å². The van der Waals surface area contributed by atoms with Gasteiger partial charge >= 0.3 is 0 Å². The van der Waals surface area contributed by atoms with E-state index in [9.17, 15) is 8.42 Å². The van der Waals surface area contributed by atoms with Gasteiger partial charge in [-0.05, 0) is 33.6 Å². The maximum Gasteiger partial charge on any atom is 0.282 e. The number of rotatable bonds is 3. The van der Waals surface area contributed by atoms with Crippen LogP contribution in [0.2, 0.25) is 0 Å². The molecule has 1 unspecified atom stereocenters. The molecule has 0 aliphatic carbocycles. The maximum atomic E-state index is 12.8. The molecule has 0 aromatic heterocycles. The summed E-state index contributed by atoms with van der Waals surface area (Å²) in [6.45, 7) is 9.86. The van der Waals surface area contributed by atoms with Gasteiger partial charge in [-0.1, -0.05) is 6.42 Å². The molecule has 0 spiro atoms. The van der Waals surface area contributed by atoms with E-state index in [2.05, 4.69) is 25.7 Å². The smallest absolute Gasteiger partial charge is 0.282 e. The monoisotopic (exact) mass is 337 g/mol. The van der Waals surface area contributed by atoms with Gasteiger partial charge in [0, 0.05) is 50.2 Å². The van der Waals surface area contributed by atoms with E-state index in [0.717, 1.165) is 32.4 Å². The molecule has 2 saturated heterocycles. The van der Waals surface area contributed by atoms with Gasteiger partial charge in [0.1, 0.15) is 0 Å². The van der Waals surface area contributed by atoms with Crippen molar-refractivity contribution in [2.75, 3.05) is 38.6 Å². The lowest BCUT2D eigenvalue weighted by Crippen LogP contribution is -2.58. The molecule has 0 aromatic rings. The molecule has 0 aromatic carbocycles. The Morgan fingerprint density at radius 1 is 1.05 bits per heavy atom. The van der Waals surface area contributed by atoms with Crippen molar-refractivity contribution in [2.24, 2.45) is 0 Å². The van der Waals surface area contributed by atoms with E-state index in [1.54, 1.807) is 8.61 Å². The molecule has 2 rings (SSSR count). The number of piperazine rings is 1. The van der Waals surface area contributed by atoms with Crippen LogP contribution >= 0.6 is 11.6 Å². The van der Waals surface area contributed by atoms with Gasteiger partial charge in [-0.2, -0.15) is 17.0 Å². The van der Waals surface area contributed by atoms with Crippen LogP contribution in [0.15, 0.2) is 0 Å². The zero-order chi connectivity index (χ0) is 15.7. The van der Waals surface area contributed by atoms with Crippen molar-refractivity contribution in [1.82, 2.24) is 13.5 Å². The molecular weight excluding hydrogens is 310 g/mol. The van der Waals surface area contributed by atoms with Crippen molar-refractivity contribution in [1.29, 1.82) is 0 Å². The molecule has 0 radical (unpaired) electrons. The molecular formula is C14H28ClN3O2S. The van der Waals surface area contributed by atoms with Crippen molar-refractivity contribution in [3.05, 3.63) is 0 Å². The third-order valence-electron chi connectivity index (χ3n) is 4.56. The van der Waals surface area contributed by atoms with E-state index in [1.165, 1.54) is 0 Å². The molecule has 2 fully saturated rings. The molecule has 21 heavy (non-hydrogen) atoms. The molecule has 0 bridgehead atoms. The molecule has 2 aliphatic rings. The van der Waals surface area contributed by atoms with Crippen LogP contribution in [0.3, 0.4) is 0 Å². The standard InChI is InChI=1S/C14H28ClN3O2S/c1-14(2,3)16-8-10-17(11-9-16)21(19,20)18-7-5-4-6-13(18)12-15/h13H,4-12H2,1-3H3. The van der Waals surface area contributed by atoms with Crippen molar-refractivity contribution >= 4 is 21.8 Å². The van der Waals surface area contributed by atoms with E-state index >= 15 is 0 Å². The summed E-state index contributed by atoms with van der Waals surface area (Å²) in [6, 6.07) is -0.0361. The summed E-state index contributed by atoms with van der Waals surface area (Å²) in [5.74, 6) is 0.390. The largest absolute Gasteiger partial charge is 0.296 e.